The number of rotatable bonds is 3. The van der Waals surface area contributed by atoms with Crippen LogP contribution in [0.3, 0.4) is 0 Å². The highest BCUT2D eigenvalue weighted by Gasteiger charge is 2.08. The number of anilines is 1. The Hall–Kier alpha value is -1.33. The number of halogens is 3. The summed E-state index contributed by atoms with van der Waals surface area (Å²) < 4.78 is 0. The van der Waals surface area contributed by atoms with Crippen molar-refractivity contribution in [3.8, 4) is 0 Å². The highest BCUT2D eigenvalue weighted by atomic mass is 35.5. The van der Waals surface area contributed by atoms with E-state index in [1.165, 1.54) is 0 Å². The van der Waals surface area contributed by atoms with Gasteiger partial charge in [-0.3, -0.25) is 4.79 Å². The maximum absolute atomic E-state index is 11.9. The predicted octanol–water partition coefficient (Wildman–Crippen LogP) is 4.70. The van der Waals surface area contributed by atoms with Crippen LogP contribution in [-0.2, 0) is 11.2 Å². The number of hydrogen-bond donors (Lipinski definition) is 2. The lowest BCUT2D eigenvalue weighted by Crippen LogP contribution is -2.35. The van der Waals surface area contributed by atoms with Crippen molar-refractivity contribution >= 4 is 63.7 Å². The topological polar surface area (TPSA) is 41.1 Å². The summed E-state index contributed by atoms with van der Waals surface area (Å²) in [5.74, 6) is -0.232. The Balaban J connectivity index is 1.91. The van der Waals surface area contributed by atoms with Gasteiger partial charge in [0, 0.05) is 10.0 Å². The van der Waals surface area contributed by atoms with Crippen molar-refractivity contribution < 1.29 is 4.79 Å². The van der Waals surface area contributed by atoms with Crippen molar-refractivity contribution in [2.45, 2.75) is 6.42 Å². The van der Waals surface area contributed by atoms with Gasteiger partial charge in [0.05, 0.1) is 17.1 Å². The van der Waals surface area contributed by atoms with Crippen molar-refractivity contribution in [3.05, 3.63) is 63.1 Å². The van der Waals surface area contributed by atoms with E-state index < -0.39 is 0 Å². The minimum atomic E-state index is -0.232. The third-order valence-corrected chi connectivity index (χ3v) is 3.71. The van der Waals surface area contributed by atoms with Crippen LogP contribution in [0.1, 0.15) is 5.56 Å². The zero-order valence-electron chi connectivity index (χ0n) is 11.2. The summed E-state index contributed by atoms with van der Waals surface area (Å²) >= 11 is 22.7. The molecule has 1 amide bonds. The van der Waals surface area contributed by atoms with E-state index in [4.69, 9.17) is 47.0 Å². The molecule has 2 N–H and O–H groups in total. The van der Waals surface area contributed by atoms with Crippen LogP contribution in [0.4, 0.5) is 5.69 Å². The zero-order valence-corrected chi connectivity index (χ0v) is 14.3. The van der Waals surface area contributed by atoms with Gasteiger partial charge in [0.15, 0.2) is 5.11 Å². The van der Waals surface area contributed by atoms with Crippen molar-refractivity contribution in [3.63, 3.8) is 0 Å². The second-order valence-electron chi connectivity index (χ2n) is 4.43. The van der Waals surface area contributed by atoms with Gasteiger partial charge in [0.1, 0.15) is 0 Å². The lowest BCUT2D eigenvalue weighted by atomic mass is 10.1. The van der Waals surface area contributed by atoms with Crippen LogP contribution in [0.5, 0.6) is 0 Å². The second-order valence-corrected chi connectivity index (χ2v) is 6.12. The minimum absolute atomic E-state index is 0.170. The molecular weight excluding hydrogens is 363 g/mol. The van der Waals surface area contributed by atoms with Crippen LogP contribution < -0.4 is 10.6 Å². The molecule has 2 aromatic rings. The first-order valence-corrected chi connectivity index (χ1v) is 7.78. The Morgan fingerprint density at radius 2 is 1.64 bits per heavy atom. The number of hydrogen-bond acceptors (Lipinski definition) is 2. The van der Waals surface area contributed by atoms with E-state index in [2.05, 4.69) is 10.6 Å². The fourth-order valence-electron chi connectivity index (χ4n) is 1.70. The minimum Gasteiger partial charge on any atom is -0.331 e. The standard InChI is InChI=1S/C15H11Cl3N2OS/c16-10-3-1-9(2-4-10)7-14(21)20-15(22)19-13-6-5-11(17)8-12(13)18/h1-6,8H,7H2,(H2,19,20,21,22). The summed E-state index contributed by atoms with van der Waals surface area (Å²) in [5, 5.41) is 7.17. The van der Waals surface area contributed by atoms with E-state index in [9.17, 15) is 4.79 Å². The highest BCUT2D eigenvalue weighted by molar-refractivity contribution is 7.80. The maximum Gasteiger partial charge on any atom is 0.230 e. The molecule has 0 fully saturated rings. The number of carbonyl (C=O) groups excluding carboxylic acids is 1. The van der Waals surface area contributed by atoms with Crippen molar-refractivity contribution in [1.82, 2.24) is 5.32 Å². The Morgan fingerprint density at radius 1 is 1.00 bits per heavy atom. The third-order valence-electron chi connectivity index (χ3n) is 2.71. The summed E-state index contributed by atoms with van der Waals surface area (Å²) in [6, 6.07) is 12.0. The van der Waals surface area contributed by atoms with Gasteiger partial charge in [-0.1, -0.05) is 46.9 Å². The molecule has 0 bridgehead atoms. The number of benzene rings is 2. The summed E-state index contributed by atoms with van der Waals surface area (Å²) in [6.45, 7) is 0. The number of amides is 1. The lowest BCUT2D eigenvalue weighted by molar-refractivity contribution is -0.119. The normalized spacial score (nSPS) is 10.1. The van der Waals surface area contributed by atoms with Gasteiger partial charge < -0.3 is 10.6 Å². The summed E-state index contributed by atoms with van der Waals surface area (Å²) in [6.07, 6.45) is 0.202. The molecule has 0 spiro atoms. The molecule has 0 unspecified atom stereocenters. The summed E-state index contributed by atoms with van der Waals surface area (Å²) in [7, 11) is 0. The van der Waals surface area contributed by atoms with Crippen LogP contribution in [-0.4, -0.2) is 11.0 Å². The van der Waals surface area contributed by atoms with E-state index in [0.717, 1.165) is 5.56 Å². The molecule has 7 heteroatoms. The first kappa shape index (κ1) is 17.0. The number of thiocarbonyl (C=S) groups is 1. The van der Waals surface area contributed by atoms with Crippen LogP contribution >= 0.6 is 47.0 Å². The quantitative estimate of drug-likeness (QED) is 0.766. The molecule has 22 heavy (non-hydrogen) atoms. The maximum atomic E-state index is 11.9. The average molecular weight is 374 g/mol. The van der Waals surface area contributed by atoms with Crippen LogP contribution in [0, 0.1) is 0 Å². The number of nitrogens with one attached hydrogen (secondary N) is 2. The Labute approximate surface area is 148 Å². The van der Waals surface area contributed by atoms with Crippen molar-refractivity contribution in [2.75, 3.05) is 5.32 Å². The van der Waals surface area contributed by atoms with E-state index in [-0.39, 0.29) is 17.4 Å². The highest BCUT2D eigenvalue weighted by Crippen LogP contribution is 2.25. The average Bonchev–Trinajstić information content (AvgIpc) is 2.44. The van der Waals surface area contributed by atoms with Gasteiger partial charge in [-0.2, -0.15) is 0 Å². The second kappa shape index (κ2) is 7.79. The fraction of sp³-hybridized carbons (Fsp3) is 0.0667. The first-order valence-electron chi connectivity index (χ1n) is 6.24. The summed E-state index contributed by atoms with van der Waals surface area (Å²) in [4.78, 5) is 11.9. The molecule has 3 nitrogen and oxygen atoms in total. The summed E-state index contributed by atoms with van der Waals surface area (Å²) in [5.41, 5.74) is 1.41. The third kappa shape index (κ3) is 5.14. The SMILES string of the molecule is O=C(Cc1ccc(Cl)cc1)NC(=S)Nc1ccc(Cl)cc1Cl. The monoisotopic (exact) mass is 372 g/mol. The molecule has 0 heterocycles. The molecule has 2 aromatic carbocycles. The van der Waals surface area contributed by atoms with E-state index in [1.54, 1.807) is 42.5 Å². The molecule has 0 atom stereocenters. The fourth-order valence-corrected chi connectivity index (χ4v) is 2.51. The van der Waals surface area contributed by atoms with Gasteiger partial charge in [0.25, 0.3) is 0 Å². The van der Waals surface area contributed by atoms with E-state index >= 15 is 0 Å². The van der Waals surface area contributed by atoms with Crippen molar-refractivity contribution in [2.24, 2.45) is 0 Å². The lowest BCUT2D eigenvalue weighted by Gasteiger charge is -2.11. The molecule has 0 aliphatic heterocycles. The smallest absolute Gasteiger partial charge is 0.230 e. The first-order chi connectivity index (χ1) is 10.4. The number of carbonyl (C=O) groups is 1. The molecule has 2 rings (SSSR count). The van der Waals surface area contributed by atoms with Gasteiger partial charge in [-0.05, 0) is 48.1 Å². The molecule has 0 saturated heterocycles. The molecular formula is C15H11Cl3N2OS. The Morgan fingerprint density at radius 3 is 2.27 bits per heavy atom. The van der Waals surface area contributed by atoms with Crippen molar-refractivity contribution in [1.29, 1.82) is 0 Å². The molecule has 0 saturated carbocycles. The molecule has 0 aliphatic rings. The molecule has 0 aliphatic carbocycles. The molecule has 0 aromatic heterocycles. The van der Waals surface area contributed by atoms with Crippen LogP contribution in [0.15, 0.2) is 42.5 Å². The van der Waals surface area contributed by atoms with Gasteiger partial charge in [0.2, 0.25) is 5.91 Å². The van der Waals surface area contributed by atoms with Crippen LogP contribution in [0.25, 0.3) is 0 Å². The van der Waals surface area contributed by atoms with E-state index in [1.807, 2.05) is 0 Å². The molecule has 0 radical (unpaired) electrons. The predicted molar refractivity (Wildman–Crippen MR) is 96.0 cm³/mol. The molecule has 114 valence electrons. The Bertz CT molecular complexity index is 704. The van der Waals surface area contributed by atoms with Gasteiger partial charge in [-0.15, -0.1) is 0 Å². The van der Waals surface area contributed by atoms with Crippen LogP contribution in [0.2, 0.25) is 15.1 Å². The van der Waals surface area contributed by atoms with Gasteiger partial charge >= 0.3 is 0 Å². The largest absolute Gasteiger partial charge is 0.331 e. The van der Waals surface area contributed by atoms with E-state index in [0.29, 0.717) is 20.8 Å². The van der Waals surface area contributed by atoms with Gasteiger partial charge in [-0.25, -0.2) is 0 Å². The Kier molecular flexibility index (Phi) is 6.03. The zero-order chi connectivity index (χ0) is 16.1.